The molecular formula is C34H43Cl3N2O. The largest absolute Gasteiger partial charge is 0.299 e. The summed E-state index contributed by atoms with van der Waals surface area (Å²) in [5.41, 5.74) is 7.65. The third-order valence-corrected chi connectivity index (χ3v) is 8.70. The van der Waals surface area contributed by atoms with Gasteiger partial charge in [-0.2, -0.15) is 0 Å². The number of carbonyl (C=O) groups is 1. The Kier molecular flexibility index (Phi) is 13.0. The minimum Gasteiger partial charge on any atom is -0.299 e. The Balaban J connectivity index is 0.00000220. The van der Waals surface area contributed by atoms with Gasteiger partial charge in [-0.25, -0.2) is 0 Å². The van der Waals surface area contributed by atoms with Gasteiger partial charge in [-0.1, -0.05) is 65.7 Å². The van der Waals surface area contributed by atoms with Crippen LogP contribution in [-0.2, 0) is 25.9 Å². The highest BCUT2D eigenvalue weighted by molar-refractivity contribution is 6.30. The summed E-state index contributed by atoms with van der Waals surface area (Å²) < 4.78 is 0. The Labute approximate surface area is 258 Å². The number of benzene rings is 3. The lowest BCUT2D eigenvalue weighted by Crippen LogP contribution is -2.33. The molecule has 0 spiro atoms. The van der Waals surface area contributed by atoms with Crippen LogP contribution in [0.2, 0.25) is 5.02 Å². The first kappa shape index (κ1) is 32.6. The number of Topliss-reactive ketones (excluding diaryl/α,β-unsaturated/α-hetero) is 1. The summed E-state index contributed by atoms with van der Waals surface area (Å²) >= 11 is 6.18. The number of carbonyl (C=O) groups excluding carboxylic acids is 1. The molecule has 0 aliphatic carbocycles. The second kappa shape index (κ2) is 15.9. The van der Waals surface area contributed by atoms with Gasteiger partial charge in [0.2, 0.25) is 0 Å². The first-order valence-electron chi connectivity index (χ1n) is 14.4. The molecule has 3 aromatic carbocycles. The van der Waals surface area contributed by atoms with Crippen molar-refractivity contribution in [2.45, 2.75) is 65.0 Å². The maximum atomic E-state index is 13.0. The number of nitrogens with zero attached hydrogens (tertiary/aromatic N) is 2. The van der Waals surface area contributed by atoms with Gasteiger partial charge in [0, 0.05) is 43.2 Å². The first-order valence-corrected chi connectivity index (χ1v) is 14.8. The van der Waals surface area contributed by atoms with Crippen molar-refractivity contribution in [1.29, 1.82) is 0 Å². The van der Waals surface area contributed by atoms with Crippen LogP contribution in [0.4, 0.5) is 0 Å². The van der Waals surface area contributed by atoms with Crippen molar-refractivity contribution in [3.8, 4) is 0 Å². The molecule has 2 heterocycles. The van der Waals surface area contributed by atoms with Crippen molar-refractivity contribution in [1.82, 2.24) is 9.80 Å². The molecule has 2 aliphatic rings. The van der Waals surface area contributed by atoms with Gasteiger partial charge in [0.1, 0.15) is 0 Å². The van der Waals surface area contributed by atoms with Crippen LogP contribution >= 0.6 is 36.4 Å². The fraction of sp³-hybridized carbons (Fsp3) is 0.441. The van der Waals surface area contributed by atoms with Crippen LogP contribution in [0.25, 0.3) is 0 Å². The predicted molar refractivity (Wildman–Crippen MR) is 172 cm³/mol. The number of rotatable bonds is 9. The van der Waals surface area contributed by atoms with Gasteiger partial charge in [-0.3, -0.25) is 14.6 Å². The van der Waals surface area contributed by atoms with E-state index in [1.165, 1.54) is 60.2 Å². The quantitative estimate of drug-likeness (QED) is 0.230. The van der Waals surface area contributed by atoms with Crippen LogP contribution in [0, 0.1) is 12.8 Å². The van der Waals surface area contributed by atoms with E-state index in [0.717, 1.165) is 61.9 Å². The monoisotopic (exact) mass is 600 g/mol. The van der Waals surface area contributed by atoms with E-state index in [9.17, 15) is 4.79 Å². The molecule has 6 heteroatoms. The smallest absolute Gasteiger partial charge is 0.162 e. The van der Waals surface area contributed by atoms with E-state index in [0.29, 0.717) is 12.2 Å². The molecule has 1 saturated heterocycles. The molecule has 0 N–H and O–H groups in total. The molecule has 0 saturated carbocycles. The lowest BCUT2D eigenvalue weighted by Gasteiger charge is -2.32. The number of hydrogen-bond donors (Lipinski definition) is 0. The molecule has 0 unspecified atom stereocenters. The molecule has 5 rings (SSSR count). The molecule has 0 bridgehead atoms. The number of hydrogen-bond acceptors (Lipinski definition) is 3. The molecule has 0 atom stereocenters. The summed E-state index contributed by atoms with van der Waals surface area (Å²) in [6, 6.07) is 23.5. The van der Waals surface area contributed by atoms with Gasteiger partial charge in [-0.15, -0.1) is 24.8 Å². The topological polar surface area (TPSA) is 23.6 Å². The molecule has 3 aromatic rings. The third-order valence-electron chi connectivity index (χ3n) is 8.47. The van der Waals surface area contributed by atoms with Crippen LogP contribution in [0.3, 0.4) is 0 Å². The van der Waals surface area contributed by atoms with Gasteiger partial charge in [0.15, 0.2) is 5.78 Å². The zero-order valence-corrected chi connectivity index (χ0v) is 26.0. The normalized spacial score (nSPS) is 16.4. The highest BCUT2D eigenvalue weighted by Crippen LogP contribution is 2.25. The average Bonchev–Trinajstić information content (AvgIpc) is 3.13. The van der Waals surface area contributed by atoms with E-state index >= 15 is 0 Å². The molecule has 1 fully saturated rings. The maximum Gasteiger partial charge on any atom is 0.162 e. The second-order valence-electron chi connectivity index (χ2n) is 11.4. The lowest BCUT2D eigenvalue weighted by atomic mass is 9.90. The first-order chi connectivity index (χ1) is 18.5. The van der Waals surface area contributed by atoms with Crippen LogP contribution in [0.5, 0.6) is 0 Å². The van der Waals surface area contributed by atoms with E-state index < -0.39 is 0 Å². The van der Waals surface area contributed by atoms with E-state index in [2.05, 4.69) is 71.3 Å². The number of fused-ring (bicyclic) bond motifs is 1. The molecule has 0 aromatic heterocycles. The number of halogens is 3. The van der Waals surface area contributed by atoms with Crippen molar-refractivity contribution in [3.05, 3.63) is 105 Å². The third kappa shape index (κ3) is 9.33. The minimum atomic E-state index is 0. The summed E-state index contributed by atoms with van der Waals surface area (Å²) in [6.07, 6.45) is 7.39. The van der Waals surface area contributed by atoms with E-state index in [1.54, 1.807) is 0 Å². The van der Waals surface area contributed by atoms with Crippen molar-refractivity contribution in [2.75, 3.05) is 26.2 Å². The van der Waals surface area contributed by atoms with Crippen LogP contribution in [0.15, 0.2) is 66.7 Å². The molecule has 40 heavy (non-hydrogen) atoms. The summed E-state index contributed by atoms with van der Waals surface area (Å²) in [5.74, 6) is 1.07. The van der Waals surface area contributed by atoms with Gasteiger partial charge in [0.05, 0.1) is 0 Å². The summed E-state index contributed by atoms with van der Waals surface area (Å²) in [7, 11) is 0. The Morgan fingerprint density at radius 1 is 0.800 bits per heavy atom. The molecular weight excluding hydrogens is 559 g/mol. The molecule has 0 amide bonds. The van der Waals surface area contributed by atoms with E-state index in [1.807, 2.05) is 12.1 Å². The van der Waals surface area contributed by atoms with Gasteiger partial charge in [0.25, 0.3) is 0 Å². The van der Waals surface area contributed by atoms with Crippen molar-refractivity contribution in [3.63, 3.8) is 0 Å². The number of piperidine rings is 1. The standard InChI is InChI=1S/C34H41ClN2O.2ClH/c1-26-8-10-28(11-9-26)24-36-18-14-27(15-19-36)4-3-7-34(38)32-13-12-30-16-20-37(21-17-31(30)23-32)25-29-5-2-6-33(35)22-29;;/h2,5-6,8-13,22-23,27H,3-4,7,14-21,24-25H2,1H3;2*1H. The predicted octanol–water partition coefficient (Wildman–Crippen LogP) is 8.36. The fourth-order valence-corrected chi connectivity index (χ4v) is 6.29. The average molecular weight is 602 g/mol. The lowest BCUT2D eigenvalue weighted by molar-refractivity contribution is 0.0974. The highest BCUT2D eigenvalue weighted by Gasteiger charge is 2.20. The Bertz CT molecular complexity index is 1220. The Morgan fingerprint density at radius 2 is 1.48 bits per heavy atom. The maximum absolute atomic E-state index is 13.0. The Morgan fingerprint density at radius 3 is 2.20 bits per heavy atom. The minimum absolute atomic E-state index is 0. The van der Waals surface area contributed by atoms with Crippen LogP contribution < -0.4 is 0 Å². The summed E-state index contributed by atoms with van der Waals surface area (Å²) in [5, 5.41) is 0.798. The van der Waals surface area contributed by atoms with Crippen molar-refractivity contribution < 1.29 is 4.79 Å². The van der Waals surface area contributed by atoms with Gasteiger partial charge in [-0.05, 0) is 105 Å². The van der Waals surface area contributed by atoms with Gasteiger partial charge < -0.3 is 0 Å². The highest BCUT2D eigenvalue weighted by atomic mass is 35.5. The van der Waals surface area contributed by atoms with E-state index in [4.69, 9.17) is 11.6 Å². The van der Waals surface area contributed by atoms with Crippen LogP contribution in [-0.4, -0.2) is 41.8 Å². The van der Waals surface area contributed by atoms with Crippen LogP contribution in [0.1, 0.15) is 70.3 Å². The SMILES string of the molecule is Cc1ccc(CN2CCC(CCCC(=O)c3ccc4c(c3)CCN(Cc3cccc(Cl)c3)CC4)CC2)cc1.Cl.Cl. The molecule has 216 valence electrons. The number of likely N-dealkylation sites (tertiary alicyclic amines) is 1. The molecule has 2 aliphatic heterocycles. The zero-order chi connectivity index (χ0) is 26.3. The fourth-order valence-electron chi connectivity index (χ4n) is 6.08. The Hall–Kier alpha value is -1.88. The summed E-state index contributed by atoms with van der Waals surface area (Å²) in [6.45, 7) is 8.52. The van der Waals surface area contributed by atoms with E-state index in [-0.39, 0.29) is 24.8 Å². The second-order valence-corrected chi connectivity index (χ2v) is 11.8. The van der Waals surface area contributed by atoms with Gasteiger partial charge >= 0.3 is 0 Å². The van der Waals surface area contributed by atoms with Crippen molar-refractivity contribution >= 4 is 42.2 Å². The number of ketones is 1. The van der Waals surface area contributed by atoms with Crippen molar-refractivity contribution in [2.24, 2.45) is 5.92 Å². The summed E-state index contributed by atoms with van der Waals surface area (Å²) in [4.78, 5) is 18.1. The zero-order valence-electron chi connectivity index (χ0n) is 23.6. The molecule has 0 radical (unpaired) electrons. The number of aryl methyl sites for hydroxylation is 1. The molecule has 3 nitrogen and oxygen atoms in total.